The van der Waals surface area contributed by atoms with E-state index < -0.39 is 0 Å². The molecule has 0 amide bonds. The third-order valence-corrected chi connectivity index (χ3v) is 4.43. The van der Waals surface area contributed by atoms with Gasteiger partial charge in [0, 0.05) is 10.9 Å². The van der Waals surface area contributed by atoms with Crippen molar-refractivity contribution in [2.24, 2.45) is 0 Å². The zero-order chi connectivity index (χ0) is 8.55. The summed E-state index contributed by atoms with van der Waals surface area (Å²) in [6.45, 7) is 0. The van der Waals surface area contributed by atoms with E-state index in [1.165, 1.54) is 4.90 Å². The second-order valence-electron chi connectivity index (χ2n) is 3.03. The van der Waals surface area contributed by atoms with E-state index in [9.17, 15) is 4.79 Å². The number of Topliss-reactive ketones (excluding diaryl/α,β-unsaturated/α-hetero) is 1. The standard InChI is InChI=1S/C10H11OS/c1-12(10-7-9(10)11)8-5-3-2-4-6-8/h2-6,10H,7H2,1H3/q+1. The summed E-state index contributed by atoms with van der Waals surface area (Å²) < 4.78 is 0. The maximum absolute atomic E-state index is 10.9. The topological polar surface area (TPSA) is 17.1 Å². The van der Waals surface area contributed by atoms with E-state index in [2.05, 4.69) is 18.4 Å². The third kappa shape index (κ3) is 1.39. The minimum absolute atomic E-state index is 0.146. The predicted octanol–water partition coefficient (Wildman–Crippen LogP) is 1.64. The SMILES string of the molecule is C[S+](c1ccccc1)C1CC1=O. The highest BCUT2D eigenvalue weighted by Crippen LogP contribution is 2.29. The lowest BCUT2D eigenvalue weighted by Crippen LogP contribution is -2.07. The second kappa shape index (κ2) is 2.94. The van der Waals surface area contributed by atoms with E-state index in [4.69, 9.17) is 0 Å². The maximum Gasteiger partial charge on any atom is 0.191 e. The Morgan fingerprint density at radius 1 is 1.33 bits per heavy atom. The van der Waals surface area contributed by atoms with Crippen LogP contribution in [0.3, 0.4) is 0 Å². The zero-order valence-corrected chi connectivity index (χ0v) is 7.80. The number of carbonyl (C=O) groups excluding carboxylic acids is 1. The predicted molar refractivity (Wildman–Crippen MR) is 51.4 cm³/mol. The van der Waals surface area contributed by atoms with Crippen LogP contribution in [-0.4, -0.2) is 17.3 Å². The molecule has 0 N–H and O–H groups in total. The third-order valence-electron chi connectivity index (χ3n) is 2.13. The van der Waals surface area contributed by atoms with Gasteiger partial charge in [-0.1, -0.05) is 18.2 Å². The Labute approximate surface area is 75.1 Å². The van der Waals surface area contributed by atoms with Crippen LogP contribution in [0.4, 0.5) is 0 Å². The van der Waals surface area contributed by atoms with Gasteiger partial charge < -0.3 is 0 Å². The molecule has 2 unspecified atom stereocenters. The lowest BCUT2D eigenvalue weighted by Gasteiger charge is -1.97. The first-order valence-electron chi connectivity index (χ1n) is 4.01. The molecule has 1 aliphatic carbocycles. The summed E-state index contributed by atoms with van der Waals surface area (Å²) in [7, 11) is 0.146. The molecule has 2 heteroatoms. The Kier molecular flexibility index (Phi) is 1.93. The molecule has 1 aromatic rings. The van der Waals surface area contributed by atoms with Crippen LogP contribution in [0.5, 0.6) is 0 Å². The molecule has 1 nitrogen and oxygen atoms in total. The van der Waals surface area contributed by atoms with Crippen LogP contribution in [0.15, 0.2) is 35.2 Å². The van der Waals surface area contributed by atoms with Gasteiger partial charge in [-0.25, -0.2) is 0 Å². The van der Waals surface area contributed by atoms with Crippen LogP contribution in [0.25, 0.3) is 0 Å². The van der Waals surface area contributed by atoms with E-state index >= 15 is 0 Å². The van der Waals surface area contributed by atoms with Crippen LogP contribution in [-0.2, 0) is 15.7 Å². The molecule has 0 spiro atoms. The smallest absolute Gasteiger partial charge is 0.191 e. The maximum atomic E-state index is 10.9. The molecule has 2 rings (SSSR count). The second-order valence-corrected chi connectivity index (χ2v) is 5.19. The molecule has 0 bridgehead atoms. The molecule has 0 aromatic heterocycles. The Hall–Kier alpha value is -0.760. The normalized spacial score (nSPS) is 23.8. The number of benzene rings is 1. The fourth-order valence-corrected chi connectivity index (χ4v) is 2.97. The molecule has 12 heavy (non-hydrogen) atoms. The fourth-order valence-electron chi connectivity index (χ4n) is 1.25. The summed E-state index contributed by atoms with van der Waals surface area (Å²) in [4.78, 5) is 12.2. The Morgan fingerprint density at radius 3 is 2.42 bits per heavy atom. The minimum atomic E-state index is 0.146. The zero-order valence-electron chi connectivity index (χ0n) is 6.99. The summed E-state index contributed by atoms with van der Waals surface area (Å²) in [5.74, 6) is 0.435. The van der Waals surface area contributed by atoms with Crippen LogP contribution < -0.4 is 0 Å². The Balaban J connectivity index is 2.15. The summed E-state index contributed by atoms with van der Waals surface area (Å²) in [6.07, 6.45) is 2.96. The van der Waals surface area contributed by atoms with Crippen LogP contribution in [0.1, 0.15) is 6.42 Å². The molecule has 0 heterocycles. The average Bonchev–Trinajstić information content (AvgIpc) is 2.83. The first kappa shape index (κ1) is 7.87. The van der Waals surface area contributed by atoms with Gasteiger partial charge in [-0.2, -0.15) is 0 Å². The monoisotopic (exact) mass is 179 g/mol. The molecule has 1 aliphatic rings. The van der Waals surface area contributed by atoms with Crippen LogP contribution in [0, 0.1) is 0 Å². The van der Waals surface area contributed by atoms with Crippen molar-refractivity contribution in [2.75, 3.05) is 6.26 Å². The van der Waals surface area contributed by atoms with E-state index in [0.29, 0.717) is 11.0 Å². The molecule has 2 atom stereocenters. The van der Waals surface area contributed by atoms with Gasteiger partial charge in [-0.15, -0.1) is 0 Å². The molecule has 0 saturated heterocycles. The highest BCUT2D eigenvalue weighted by molar-refractivity contribution is 7.98. The summed E-state index contributed by atoms with van der Waals surface area (Å²) in [5, 5.41) is 0.340. The van der Waals surface area contributed by atoms with Gasteiger partial charge in [-0.05, 0) is 12.1 Å². The summed E-state index contributed by atoms with van der Waals surface area (Å²) >= 11 is 0. The van der Waals surface area contributed by atoms with Gasteiger partial charge >= 0.3 is 0 Å². The highest BCUT2D eigenvalue weighted by atomic mass is 32.2. The van der Waals surface area contributed by atoms with Gasteiger partial charge in [0.1, 0.15) is 6.26 Å². The van der Waals surface area contributed by atoms with Crippen molar-refractivity contribution in [3.8, 4) is 0 Å². The number of hydrogen-bond donors (Lipinski definition) is 0. The van der Waals surface area contributed by atoms with Crippen molar-refractivity contribution in [3.05, 3.63) is 30.3 Å². The molecule has 0 radical (unpaired) electrons. The van der Waals surface area contributed by atoms with Crippen LogP contribution in [0.2, 0.25) is 0 Å². The molecule has 1 aromatic carbocycles. The molecule has 1 saturated carbocycles. The number of carbonyl (C=O) groups is 1. The van der Waals surface area contributed by atoms with Gasteiger partial charge in [0.05, 0.1) is 6.42 Å². The lowest BCUT2D eigenvalue weighted by molar-refractivity contribution is -0.109. The quantitative estimate of drug-likeness (QED) is 0.631. The molecule has 1 fully saturated rings. The van der Waals surface area contributed by atoms with Crippen molar-refractivity contribution in [1.82, 2.24) is 0 Å². The van der Waals surface area contributed by atoms with Gasteiger partial charge in [-0.3, -0.25) is 4.79 Å². The molecular formula is C10H11OS+. The number of rotatable bonds is 2. The highest BCUT2D eigenvalue weighted by Gasteiger charge is 2.48. The molecular weight excluding hydrogens is 168 g/mol. The molecule has 62 valence electrons. The van der Waals surface area contributed by atoms with E-state index in [1.807, 2.05) is 18.2 Å². The minimum Gasteiger partial charge on any atom is -0.294 e. The van der Waals surface area contributed by atoms with Crippen molar-refractivity contribution >= 4 is 16.7 Å². The van der Waals surface area contributed by atoms with Crippen molar-refractivity contribution in [3.63, 3.8) is 0 Å². The van der Waals surface area contributed by atoms with Crippen LogP contribution >= 0.6 is 0 Å². The largest absolute Gasteiger partial charge is 0.294 e. The van der Waals surface area contributed by atoms with Crippen molar-refractivity contribution in [1.29, 1.82) is 0 Å². The van der Waals surface area contributed by atoms with Gasteiger partial charge in [0.2, 0.25) is 0 Å². The lowest BCUT2D eigenvalue weighted by atomic mass is 10.4. The fraction of sp³-hybridized carbons (Fsp3) is 0.300. The van der Waals surface area contributed by atoms with Gasteiger partial charge in [0.15, 0.2) is 15.9 Å². The molecule has 0 aliphatic heterocycles. The first-order chi connectivity index (χ1) is 5.79. The summed E-state index contributed by atoms with van der Waals surface area (Å²) in [5.41, 5.74) is 0. The number of hydrogen-bond acceptors (Lipinski definition) is 1. The van der Waals surface area contributed by atoms with Crippen molar-refractivity contribution in [2.45, 2.75) is 16.6 Å². The summed E-state index contributed by atoms with van der Waals surface area (Å²) in [6, 6.07) is 10.3. The van der Waals surface area contributed by atoms with Crippen molar-refractivity contribution < 1.29 is 4.79 Å². The average molecular weight is 179 g/mol. The first-order valence-corrected chi connectivity index (χ1v) is 5.71. The van der Waals surface area contributed by atoms with E-state index in [0.717, 1.165) is 6.42 Å². The van der Waals surface area contributed by atoms with E-state index in [1.54, 1.807) is 0 Å². The Morgan fingerprint density at radius 2 is 1.92 bits per heavy atom. The Bertz CT molecular complexity index is 294. The van der Waals surface area contributed by atoms with E-state index in [-0.39, 0.29) is 10.9 Å². The number of ketones is 1. The van der Waals surface area contributed by atoms with Gasteiger partial charge in [0.25, 0.3) is 0 Å².